The first kappa shape index (κ1) is 17.5. The Morgan fingerprint density at radius 2 is 1.92 bits per heavy atom. The number of carbonyl (C=O) groups excluding carboxylic acids is 1. The second-order valence-corrected chi connectivity index (χ2v) is 5.66. The quantitative estimate of drug-likeness (QED) is 0.820. The van der Waals surface area contributed by atoms with Crippen molar-refractivity contribution in [2.24, 2.45) is 0 Å². The number of carboxylic acid groups (broad SMARTS) is 1. The predicted octanol–water partition coefficient (Wildman–Crippen LogP) is 2.74. The Bertz CT molecular complexity index is 740. The topological polar surface area (TPSA) is 75.6 Å². The maximum Gasteiger partial charge on any atom is 0.335 e. The van der Waals surface area contributed by atoms with E-state index >= 15 is 0 Å². The predicted molar refractivity (Wildman–Crippen MR) is 91.5 cm³/mol. The second kappa shape index (κ2) is 8.15. The fourth-order valence-electron chi connectivity index (χ4n) is 2.36. The minimum atomic E-state index is -0.956. The largest absolute Gasteiger partial charge is 0.484 e. The van der Waals surface area contributed by atoms with Gasteiger partial charge in [-0.05, 0) is 49.6 Å². The van der Waals surface area contributed by atoms with Crippen LogP contribution in [0.1, 0.15) is 27.0 Å². The highest BCUT2D eigenvalue weighted by Crippen LogP contribution is 2.18. The lowest BCUT2D eigenvalue weighted by Gasteiger charge is -2.10. The monoisotopic (exact) mass is 327 g/mol. The number of aryl methyl sites for hydroxylation is 2. The summed E-state index contributed by atoms with van der Waals surface area (Å²) in [6.45, 7) is 4.33. The van der Waals surface area contributed by atoms with Crippen molar-refractivity contribution < 1.29 is 19.4 Å². The molecule has 5 heteroatoms. The third kappa shape index (κ3) is 5.12. The summed E-state index contributed by atoms with van der Waals surface area (Å²) in [6, 6.07) is 12.5. The molecule has 0 unspecified atom stereocenters. The van der Waals surface area contributed by atoms with Crippen LogP contribution in [0, 0.1) is 13.8 Å². The van der Waals surface area contributed by atoms with Crippen LogP contribution in [-0.4, -0.2) is 30.1 Å². The van der Waals surface area contributed by atoms with Crippen molar-refractivity contribution in [3.63, 3.8) is 0 Å². The highest BCUT2D eigenvalue weighted by atomic mass is 16.5. The molecular formula is C19H21NO4. The number of aromatic carboxylic acids is 1. The molecule has 5 nitrogen and oxygen atoms in total. The number of ether oxygens (including phenoxy) is 1. The van der Waals surface area contributed by atoms with Crippen molar-refractivity contribution in [1.29, 1.82) is 0 Å². The number of hydrogen-bond acceptors (Lipinski definition) is 3. The molecule has 0 aliphatic heterocycles. The van der Waals surface area contributed by atoms with Crippen LogP contribution in [0.15, 0.2) is 42.5 Å². The average molecular weight is 327 g/mol. The van der Waals surface area contributed by atoms with Crippen molar-refractivity contribution in [3.05, 3.63) is 64.7 Å². The fraction of sp³-hybridized carbons (Fsp3) is 0.263. The summed E-state index contributed by atoms with van der Waals surface area (Å²) in [5, 5.41) is 11.7. The smallest absolute Gasteiger partial charge is 0.335 e. The zero-order chi connectivity index (χ0) is 17.5. The van der Waals surface area contributed by atoms with E-state index < -0.39 is 5.97 Å². The highest BCUT2D eigenvalue weighted by molar-refractivity contribution is 5.87. The Labute approximate surface area is 141 Å². The fourth-order valence-corrected chi connectivity index (χ4v) is 2.36. The lowest BCUT2D eigenvalue weighted by Crippen LogP contribution is -2.30. The zero-order valence-electron chi connectivity index (χ0n) is 13.8. The maximum atomic E-state index is 11.8. The summed E-state index contributed by atoms with van der Waals surface area (Å²) in [4.78, 5) is 22.7. The summed E-state index contributed by atoms with van der Waals surface area (Å²) in [6.07, 6.45) is 0.566. The third-order valence-corrected chi connectivity index (χ3v) is 3.60. The van der Waals surface area contributed by atoms with Gasteiger partial charge >= 0.3 is 5.97 Å². The van der Waals surface area contributed by atoms with Gasteiger partial charge in [0.15, 0.2) is 6.61 Å². The van der Waals surface area contributed by atoms with Gasteiger partial charge in [0, 0.05) is 6.54 Å². The van der Waals surface area contributed by atoms with E-state index in [-0.39, 0.29) is 18.1 Å². The number of carbonyl (C=O) groups is 2. The molecule has 2 N–H and O–H groups in total. The summed E-state index contributed by atoms with van der Waals surface area (Å²) in [5.74, 6) is -0.461. The van der Waals surface area contributed by atoms with Crippen LogP contribution in [0.5, 0.6) is 5.75 Å². The number of amides is 1. The van der Waals surface area contributed by atoms with Crippen LogP contribution < -0.4 is 10.1 Å². The van der Waals surface area contributed by atoms with Crippen LogP contribution in [0.3, 0.4) is 0 Å². The van der Waals surface area contributed by atoms with Crippen LogP contribution in [0.25, 0.3) is 0 Å². The average Bonchev–Trinajstić information content (AvgIpc) is 2.54. The van der Waals surface area contributed by atoms with E-state index in [1.807, 2.05) is 38.1 Å². The van der Waals surface area contributed by atoms with Crippen molar-refractivity contribution in [2.45, 2.75) is 20.3 Å². The summed E-state index contributed by atoms with van der Waals surface area (Å²) >= 11 is 0. The maximum absolute atomic E-state index is 11.8. The van der Waals surface area contributed by atoms with Crippen molar-refractivity contribution in [2.75, 3.05) is 13.2 Å². The second-order valence-electron chi connectivity index (χ2n) is 5.66. The molecule has 126 valence electrons. The minimum Gasteiger partial charge on any atom is -0.484 e. The number of benzene rings is 2. The summed E-state index contributed by atoms with van der Waals surface area (Å²) < 4.78 is 5.52. The molecule has 0 fully saturated rings. The Morgan fingerprint density at radius 3 is 2.62 bits per heavy atom. The Morgan fingerprint density at radius 1 is 1.12 bits per heavy atom. The molecule has 0 saturated heterocycles. The van der Waals surface area contributed by atoms with Gasteiger partial charge in [-0.2, -0.15) is 0 Å². The Hall–Kier alpha value is -2.82. The Balaban J connectivity index is 1.77. The van der Waals surface area contributed by atoms with Crippen LogP contribution >= 0.6 is 0 Å². The highest BCUT2D eigenvalue weighted by Gasteiger charge is 2.06. The van der Waals surface area contributed by atoms with Crippen molar-refractivity contribution in [3.8, 4) is 5.75 Å². The van der Waals surface area contributed by atoms with Gasteiger partial charge in [0.1, 0.15) is 5.75 Å². The minimum absolute atomic E-state index is 0.0426. The molecular weight excluding hydrogens is 306 g/mol. The van der Waals surface area contributed by atoms with Crippen LogP contribution in [0.2, 0.25) is 0 Å². The first-order chi connectivity index (χ1) is 11.5. The van der Waals surface area contributed by atoms with E-state index in [0.717, 1.165) is 16.7 Å². The van der Waals surface area contributed by atoms with Crippen molar-refractivity contribution >= 4 is 11.9 Å². The van der Waals surface area contributed by atoms with Crippen LogP contribution in [-0.2, 0) is 11.2 Å². The molecule has 2 rings (SSSR count). The SMILES string of the molecule is Cc1ccc(OCC(=O)NCCc2cccc(C(=O)O)c2)c(C)c1. The number of hydrogen-bond donors (Lipinski definition) is 2. The van der Waals surface area contributed by atoms with Crippen LogP contribution in [0.4, 0.5) is 0 Å². The van der Waals surface area contributed by atoms with E-state index in [2.05, 4.69) is 5.32 Å². The molecule has 0 atom stereocenters. The molecule has 24 heavy (non-hydrogen) atoms. The lowest BCUT2D eigenvalue weighted by molar-refractivity contribution is -0.123. The van der Waals surface area contributed by atoms with Gasteiger partial charge in [-0.1, -0.05) is 29.8 Å². The molecule has 0 aliphatic carbocycles. The zero-order valence-corrected chi connectivity index (χ0v) is 13.8. The van der Waals surface area contributed by atoms with E-state index in [1.54, 1.807) is 18.2 Å². The van der Waals surface area contributed by atoms with Gasteiger partial charge in [0.05, 0.1) is 5.56 Å². The number of carboxylic acids is 1. The summed E-state index contributed by atoms with van der Waals surface area (Å²) in [5.41, 5.74) is 3.25. The van der Waals surface area contributed by atoms with Gasteiger partial charge < -0.3 is 15.2 Å². The first-order valence-corrected chi connectivity index (χ1v) is 7.74. The van der Waals surface area contributed by atoms with E-state index in [0.29, 0.717) is 18.7 Å². The first-order valence-electron chi connectivity index (χ1n) is 7.74. The third-order valence-electron chi connectivity index (χ3n) is 3.60. The standard InChI is InChI=1S/C19H21NO4/c1-13-6-7-17(14(2)10-13)24-12-18(21)20-9-8-15-4-3-5-16(11-15)19(22)23/h3-7,10-11H,8-9,12H2,1-2H3,(H,20,21)(H,22,23). The molecule has 1 amide bonds. The Kier molecular flexibility index (Phi) is 5.95. The summed E-state index contributed by atoms with van der Waals surface area (Å²) in [7, 11) is 0. The molecule has 0 radical (unpaired) electrons. The molecule has 0 aliphatic rings. The van der Waals surface area contributed by atoms with E-state index in [1.165, 1.54) is 0 Å². The van der Waals surface area contributed by atoms with Crippen molar-refractivity contribution in [1.82, 2.24) is 5.32 Å². The molecule has 2 aromatic carbocycles. The van der Waals surface area contributed by atoms with Gasteiger partial charge in [0.25, 0.3) is 5.91 Å². The molecule has 0 spiro atoms. The molecule has 0 aromatic heterocycles. The molecule has 0 bridgehead atoms. The van der Waals surface area contributed by atoms with E-state index in [9.17, 15) is 9.59 Å². The molecule has 2 aromatic rings. The van der Waals surface area contributed by atoms with Gasteiger partial charge in [-0.3, -0.25) is 4.79 Å². The number of rotatable bonds is 7. The molecule has 0 heterocycles. The van der Waals surface area contributed by atoms with Gasteiger partial charge in [-0.15, -0.1) is 0 Å². The van der Waals surface area contributed by atoms with Gasteiger partial charge in [0.2, 0.25) is 0 Å². The normalized spacial score (nSPS) is 10.2. The lowest BCUT2D eigenvalue weighted by atomic mass is 10.1. The van der Waals surface area contributed by atoms with E-state index in [4.69, 9.17) is 9.84 Å². The van der Waals surface area contributed by atoms with Gasteiger partial charge in [-0.25, -0.2) is 4.79 Å². The molecule has 0 saturated carbocycles. The number of nitrogens with one attached hydrogen (secondary N) is 1.